The SMILES string of the molecule is CS(=O)C1(Cc2ccccc2)CCOC1=O. The number of benzene rings is 1. The Morgan fingerprint density at radius 2 is 2.06 bits per heavy atom. The molecule has 1 aliphatic rings. The Kier molecular flexibility index (Phi) is 3.10. The van der Waals surface area contributed by atoms with E-state index >= 15 is 0 Å². The van der Waals surface area contributed by atoms with Crippen molar-refractivity contribution in [2.24, 2.45) is 0 Å². The predicted molar refractivity (Wildman–Crippen MR) is 62.5 cm³/mol. The molecule has 0 spiro atoms. The van der Waals surface area contributed by atoms with E-state index in [2.05, 4.69) is 0 Å². The molecule has 0 saturated carbocycles. The van der Waals surface area contributed by atoms with Crippen LogP contribution < -0.4 is 0 Å². The molecule has 2 atom stereocenters. The van der Waals surface area contributed by atoms with Gasteiger partial charge in [-0.3, -0.25) is 9.00 Å². The van der Waals surface area contributed by atoms with Gasteiger partial charge in [-0.15, -0.1) is 0 Å². The Hall–Kier alpha value is -1.16. The fourth-order valence-electron chi connectivity index (χ4n) is 1.99. The standard InChI is InChI=1S/C12H14O3S/c1-16(14)12(7-8-15-11(12)13)9-10-5-3-2-4-6-10/h2-6H,7-9H2,1H3. The molecule has 1 aliphatic heterocycles. The Morgan fingerprint density at radius 3 is 2.56 bits per heavy atom. The van der Waals surface area contributed by atoms with Gasteiger partial charge in [0, 0.05) is 29.9 Å². The monoisotopic (exact) mass is 238 g/mol. The lowest BCUT2D eigenvalue weighted by Gasteiger charge is -2.21. The minimum absolute atomic E-state index is 0.322. The van der Waals surface area contributed by atoms with Crippen molar-refractivity contribution in [3.63, 3.8) is 0 Å². The molecule has 0 N–H and O–H groups in total. The average molecular weight is 238 g/mol. The van der Waals surface area contributed by atoms with Gasteiger partial charge in [0.05, 0.1) is 6.61 Å². The summed E-state index contributed by atoms with van der Waals surface area (Å²) in [5.41, 5.74) is 1.02. The Labute approximate surface area is 97.3 Å². The molecule has 1 saturated heterocycles. The van der Waals surface area contributed by atoms with Gasteiger partial charge in [0.2, 0.25) is 0 Å². The Balaban J connectivity index is 2.29. The second kappa shape index (κ2) is 4.37. The summed E-state index contributed by atoms with van der Waals surface area (Å²) in [5.74, 6) is -0.322. The third-order valence-corrected chi connectivity index (χ3v) is 4.61. The van der Waals surface area contributed by atoms with Crippen LogP contribution in [0.2, 0.25) is 0 Å². The molecule has 2 unspecified atom stereocenters. The van der Waals surface area contributed by atoms with Gasteiger partial charge in [-0.25, -0.2) is 0 Å². The highest BCUT2D eigenvalue weighted by molar-refractivity contribution is 7.86. The molecule has 0 bridgehead atoms. The summed E-state index contributed by atoms with van der Waals surface area (Å²) in [6.45, 7) is 0.380. The lowest BCUT2D eigenvalue weighted by molar-refractivity contribution is -0.140. The maximum atomic E-state index is 11.8. The van der Waals surface area contributed by atoms with Crippen molar-refractivity contribution in [3.8, 4) is 0 Å². The van der Waals surface area contributed by atoms with Crippen LogP contribution in [-0.4, -0.2) is 27.8 Å². The van der Waals surface area contributed by atoms with Crippen LogP contribution in [0.3, 0.4) is 0 Å². The van der Waals surface area contributed by atoms with E-state index in [0.29, 0.717) is 19.4 Å². The van der Waals surface area contributed by atoms with Gasteiger partial charge in [-0.1, -0.05) is 30.3 Å². The van der Waals surface area contributed by atoms with E-state index < -0.39 is 15.5 Å². The largest absolute Gasteiger partial charge is 0.465 e. The number of carbonyl (C=O) groups excluding carboxylic acids is 1. The number of rotatable bonds is 3. The second-order valence-electron chi connectivity index (χ2n) is 4.00. The summed E-state index contributed by atoms with van der Waals surface area (Å²) in [6, 6.07) is 9.65. The number of ether oxygens (including phenoxy) is 1. The topological polar surface area (TPSA) is 43.4 Å². The van der Waals surface area contributed by atoms with Crippen LogP contribution >= 0.6 is 0 Å². The zero-order valence-corrected chi connectivity index (χ0v) is 9.96. The number of hydrogen-bond donors (Lipinski definition) is 0. The zero-order chi connectivity index (χ0) is 11.6. The van der Waals surface area contributed by atoms with E-state index in [1.165, 1.54) is 0 Å². The Bertz CT molecular complexity index is 416. The summed E-state index contributed by atoms with van der Waals surface area (Å²) in [6.07, 6.45) is 2.62. The van der Waals surface area contributed by atoms with Gasteiger partial charge in [0.1, 0.15) is 4.75 Å². The summed E-state index contributed by atoms with van der Waals surface area (Å²) >= 11 is 0. The molecule has 2 rings (SSSR count). The quantitative estimate of drug-likeness (QED) is 0.745. The van der Waals surface area contributed by atoms with Crippen molar-refractivity contribution < 1.29 is 13.7 Å². The van der Waals surface area contributed by atoms with Gasteiger partial charge < -0.3 is 4.74 Å². The lowest BCUT2D eigenvalue weighted by atomic mass is 9.97. The summed E-state index contributed by atoms with van der Waals surface area (Å²) in [5, 5.41) is 0. The van der Waals surface area contributed by atoms with Crippen LogP contribution in [0.4, 0.5) is 0 Å². The Morgan fingerprint density at radius 1 is 1.38 bits per heavy atom. The van der Waals surface area contributed by atoms with Gasteiger partial charge in [0.15, 0.2) is 0 Å². The number of hydrogen-bond acceptors (Lipinski definition) is 3. The normalized spacial score (nSPS) is 26.4. The number of esters is 1. The zero-order valence-electron chi connectivity index (χ0n) is 9.14. The van der Waals surface area contributed by atoms with Crippen LogP contribution in [0.5, 0.6) is 0 Å². The summed E-state index contributed by atoms with van der Waals surface area (Å²) < 4.78 is 15.9. The molecule has 1 aromatic rings. The van der Waals surface area contributed by atoms with E-state index in [9.17, 15) is 9.00 Å². The van der Waals surface area contributed by atoms with Crippen molar-refractivity contribution in [2.45, 2.75) is 17.6 Å². The van der Waals surface area contributed by atoms with Crippen LogP contribution in [0.25, 0.3) is 0 Å². The molecule has 1 heterocycles. The maximum absolute atomic E-state index is 11.8. The van der Waals surface area contributed by atoms with Crippen LogP contribution in [0.1, 0.15) is 12.0 Å². The van der Waals surface area contributed by atoms with Crippen molar-refractivity contribution in [1.82, 2.24) is 0 Å². The first-order valence-corrected chi connectivity index (χ1v) is 6.76. The van der Waals surface area contributed by atoms with Crippen molar-refractivity contribution in [2.75, 3.05) is 12.9 Å². The molecule has 16 heavy (non-hydrogen) atoms. The van der Waals surface area contributed by atoms with Crippen molar-refractivity contribution in [1.29, 1.82) is 0 Å². The molecule has 1 aromatic carbocycles. The molecule has 0 aromatic heterocycles. The first kappa shape index (κ1) is 11.3. The van der Waals surface area contributed by atoms with E-state index in [-0.39, 0.29) is 5.97 Å². The minimum Gasteiger partial charge on any atom is -0.465 e. The van der Waals surface area contributed by atoms with Crippen molar-refractivity contribution in [3.05, 3.63) is 35.9 Å². The molecule has 86 valence electrons. The summed E-state index contributed by atoms with van der Waals surface area (Å²) in [7, 11) is -1.20. The maximum Gasteiger partial charge on any atom is 0.325 e. The molecule has 0 amide bonds. The third kappa shape index (κ3) is 1.89. The predicted octanol–water partition coefficient (Wildman–Crippen LogP) is 1.29. The van der Waals surface area contributed by atoms with Gasteiger partial charge in [-0.2, -0.15) is 0 Å². The highest BCUT2D eigenvalue weighted by Gasteiger charge is 2.48. The van der Waals surface area contributed by atoms with Crippen LogP contribution in [0, 0.1) is 0 Å². The highest BCUT2D eigenvalue weighted by Crippen LogP contribution is 2.30. The average Bonchev–Trinajstić information content (AvgIpc) is 2.63. The molecule has 0 aliphatic carbocycles. The van der Waals surface area contributed by atoms with Crippen LogP contribution in [-0.2, 0) is 26.8 Å². The highest BCUT2D eigenvalue weighted by atomic mass is 32.2. The summed E-state index contributed by atoms with van der Waals surface area (Å²) in [4.78, 5) is 11.7. The number of cyclic esters (lactones) is 1. The fraction of sp³-hybridized carbons (Fsp3) is 0.417. The van der Waals surface area contributed by atoms with Gasteiger partial charge >= 0.3 is 5.97 Å². The smallest absolute Gasteiger partial charge is 0.325 e. The van der Waals surface area contributed by atoms with E-state index in [0.717, 1.165) is 5.56 Å². The molecule has 0 radical (unpaired) electrons. The van der Waals surface area contributed by atoms with E-state index in [4.69, 9.17) is 4.74 Å². The minimum atomic E-state index is -1.20. The lowest BCUT2D eigenvalue weighted by Crippen LogP contribution is -2.41. The van der Waals surface area contributed by atoms with Crippen LogP contribution in [0.15, 0.2) is 30.3 Å². The first-order valence-electron chi connectivity index (χ1n) is 5.20. The second-order valence-corrected chi connectivity index (χ2v) is 5.69. The molecule has 1 fully saturated rings. The van der Waals surface area contributed by atoms with Gasteiger partial charge in [-0.05, 0) is 5.56 Å². The first-order chi connectivity index (χ1) is 7.65. The third-order valence-electron chi connectivity index (χ3n) is 2.99. The van der Waals surface area contributed by atoms with E-state index in [1.54, 1.807) is 6.26 Å². The molecule has 4 heteroatoms. The van der Waals surface area contributed by atoms with Gasteiger partial charge in [0.25, 0.3) is 0 Å². The number of carbonyl (C=O) groups is 1. The van der Waals surface area contributed by atoms with E-state index in [1.807, 2.05) is 30.3 Å². The van der Waals surface area contributed by atoms with Crippen molar-refractivity contribution >= 4 is 16.8 Å². The fourth-order valence-corrected chi connectivity index (χ4v) is 3.03. The molecular weight excluding hydrogens is 224 g/mol. The molecule has 3 nitrogen and oxygen atoms in total. The molecular formula is C12H14O3S.